The second-order valence-electron chi connectivity index (χ2n) is 3.05. The van der Waals surface area contributed by atoms with Crippen LogP contribution in [0, 0.1) is 0 Å². The van der Waals surface area contributed by atoms with Crippen molar-refractivity contribution >= 4 is 5.97 Å². The Labute approximate surface area is 86.1 Å². The summed E-state index contributed by atoms with van der Waals surface area (Å²) in [5.41, 5.74) is 0. The van der Waals surface area contributed by atoms with E-state index in [9.17, 15) is 4.79 Å². The van der Waals surface area contributed by atoms with Gasteiger partial charge in [0.1, 0.15) is 0 Å². The SMILES string of the molecule is CCCCOC=CC(=O)OCCCC. The lowest BCUT2D eigenvalue weighted by Gasteiger charge is -2.00. The molecule has 0 atom stereocenters. The van der Waals surface area contributed by atoms with E-state index in [0.717, 1.165) is 25.7 Å². The van der Waals surface area contributed by atoms with Crippen LogP contribution in [0.15, 0.2) is 12.3 Å². The van der Waals surface area contributed by atoms with Gasteiger partial charge in [-0.15, -0.1) is 0 Å². The van der Waals surface area contributed by atoms with Crippen molar-refractivity contribution in [2.75, 3.05) is 13.2 Å². The number of ether oxygens (including phenoxy) is 2. The van der Waals surface area contributed by atoms with Crippen molar-refractivity contribution in [3.05, 3.63) is 12.3 Å². The topological polar surface area (TPSA) is 35.5 Å². The molecule has 0 fully saturated rings. The van der Waals surface area contributed by atoms with Gasteiger partial charge in [0, 0.05) is 0 Å². The van der Waals surface area contributed by atoms with E-state index in [1.165, 1.54) is 12.3 Å². The first-order chi connectivity index (χ1) is 6.81. The van der Waals surface area contributed by atoms with E-state index in [-0.39, 0.29) is 5.97 Å². The Kier molecular flexibility index (Phi) is 9.38. The van der Waals surface area contributed by atoms with E-state index in [4.69, 9.17) is 9.47 Å². The molecule has 82 valence electrons. The summed E-state index contributed by atoms with van der Waals surface area (Å²) in [6.07, 6.45) is 6.78. The molecule has 0 amide bonds. The maximum Gasteiger partial charge on any atom is 0.333 e. The van der Waals surface area contributed by atoms with Gasteiger partial charge in [-0.2, -0.15) is 0 Å². The maximum absolute atomic E-state index is 11.0. The third-order valence-electron chi connectivity index (χ3n) is 1.66. The first-order valence-electron chi connectivity index (χ1n) is 5.26. The Balaban J connectivity index is 3.32. The predicted octanol–water partition coefficient (Wildman–Crippen LogP) is 2.66. The summed E-state index contributed by atoms with van der Waals surface area (Å²) in [6, 6.07) is 0. The van der Waals surface area contributed by atoms with Crippen LogP contribution in [0.3, 0.4) is 0 Å². The van der Waals surface area contributed by atoms with Crippen molar-refractivity contribution < 1.29 is 14.3 Å². The van der Waals surface area contributed by atoms with Crippen molar-refractivity contribution in [3.8, 4) is 0 Å². The van der Waals surface area contributed by atoms with E-state index >= 15 is 0 Å². The van der Waals surface area contributed by atoms with Crippen LogP contribution in [-0.2, 0) is 14.3 Å². The summed E-state index contributed by atoms with van der Waals surface area (Å²) in [5, 5.41) is 0. The number of rotatable bonds is 8. The van der Waals surface area contributed by atoms with Gasteiger partial charge in [-0.25, -0.2) is 4.79 Å². The fourth-order valence-electron chi connectivity index (χ4n) is 0.765. The van der Waals surface area contributed by atoms with Gasteiger partial charge in [0.2, 0.25) is 0 Å². The Morgan fingerprint density at radius 3 is 2.43 bits per heavy atom. The minimum absolute atomic E-state index is 0.324. The maximum atomic E-state index is 11.0. The molecule has 0 heterocycles. The van der Waals surface area contributed by atoms with Crippen LogP contribution < -0.4 is 0 Å². The molecule has 0 aromatic heterocycles. The van der Waals surface area contributed by atoms with E-state index in [1.807, 2.05) is 0 Å². The molecule has 0 saturated carbocycles. The molecule has 14 heavy (non-hydrogen) atoms. The van der Waals surface area contributed by atoms with Crippen LogP contribution in [-0.4, -0.2) is 19.2 Å². The van der Waals surface area contributed by atoms with Gasteiger partial charge in [-0.05, 0) is 12.8 Å². The number of hydrogen-bond donors (Lipinski definition) is 0. The minimum Gasteiger partial charge on any atom is -0.501 e. The molecule has 0 aliphatic heterocycles. The highest BCUT2D eigenvalue weighted by atomic mass is 16.5. The van der Waals surface area contributed by atoms with E-state index in [0.29, 0.717) is 13.2 Å². The number of carbonyl (C=O) groups is 1. The van der Waals surface area contributed by atoms with Gasteiger partial charge in [0.05, 0.1) is 25.6 Å². The molecule has 0 aromatic rings. The molecule has 0 radical (unpaired) electrons. The molecule has 0 unspecified atom stereocenters. The molecule has 0 aromatic carbocycles. The number of unbranched alkanes of at least 4 members (excludes halogenated alkanes) is 2. The third kappa shape index (κ3) is 9.10. The molecule has 3 heteroatoms. The van der Waals surface area contributed by atoms with E-state index < -0.39 is 0 Å². The second kappa shape index (κ2) is 10.1. The van der Waals surface area contributed by atoms with Crippen LogP contribution in [0.2, 0.25) is 0 Å². The van der Waals surface area contributed by atoms with Crippen LogP contribution in [0.25, 0.3) is 0 Å². The number of carbonyl (C=O) groups excluding carboxylic acids is 1. The van der Waals surface area contributed by atoms with E-state index in [1.54, 1.807) is 0 Å². The fourth-order valence-corrected chi connectivity index (χ4v) is 0.765. The molecule has 0 aliphatic carbocycles. The summed E-state index contributed by atoms with van der Waals surface area (Å²) in [5.74, 6) is -0.324. The molecule has 0 bridgehead atoms. The monoisotopic (exact) mass is 200 g/mol. The van der Waals surface area contributed by atoms with Crippen LogP contribution in [0.4, 0.5) is 0 Å². The summed E-state index contributed by atoms with van der Waals surface area (Å²) in [4.78, 5) is 11.0. The zero-order valence-electron chi connectivity index (χ0n) is 9.12. The lowest BCUT2D eigenvalue weighted by atomic mass is 10.4. The standard InChI is InChI=1S/C11H20O3/c1-3-5-8-13-10-7-11(12)14-9-6-4-2/h7,10H,3-6,8-9H2,1-2H3. The average molecular weight is 200 g/mol. The fraction of sp³-hybridized carbons (Fsp3) is 0.727. The van der Waals surface area contributed by atoms with Crippen LogP contribution >= 0.6 is 0 Å². The zero-order chi connectivity index (χ0) is 10.6. The lowest BCUT2D eigenvalue weighted by Crippen LogP contribution is -2.02. The normalized spacial score (nSPS) is 10.4. The molecule has 0 saturated heterocycles. The van der Waals surface area contributed by atoms with Gasteiger partial charge < -0.3 is 9.47 Å². The zero-order valence-corrected chi connectivity index (χ0v) is 9.12. The van der Waals surface area contributed by atoms with Gasteiger partial charge >= 0.3 is 5.97 Å². The average Bonchev–Trinajstić information content (AvgIpc) is 2.18. The predicted molar refractivity (Wildman–Crippen MR) is 55.9 cm³/mol. The summed E-state index contributed by atoms with van der Waals surface area (Å²) in [6.45, 7) is 5.30. The van der Waals surface area contributed by atoms with Crippen molar-refractivity contribution in [2.45, 2.75) is 39.5 Å². The van der Waals surface area contributed by atoms with Crippen LogP contribution in [0.1, 0.15) is 39.5 Å². The summed E-state index contributed by atoms with van der Waals surface area (Å²) < 4.78 is 9.95. The molecular weight excluding hydrogens is 180 g/mol. The molecule has 0 rings (SSSR count). The lowest BCUT2D eigenvalue weighted by molar-refractivity contribution is -0.138. The van der Waals surface area contributed by atoms with Crippen molar-refractivity contribution in [1.82, 2.24) is 0 Å². The highest BCUT2D eigenvalue weighted by Gasteiger charge is 1.94. The summed E-state index contributed by atoms with van der Waals surface area (Å²) >= 11 is 0. The largest absolute Gasteiger partial charge is 0.501 e. The first-order valence-corrected chi connectivity index (χ1v) is 5.26. The molecule has 0 N–H and O–H groups in total. The van der Waals surface area contributed by atoms with Gasteiger partial charge in [-0.3, -0.25) is 0 Å². The van der Waals surface area contributed by atoms with Gasteiger partial charge in [0.15, 0.2) is 0 Å². The Morgan fingerprint density at radius 2 is 1.79 bits per heavy atom. The quantitative estimate of drug-likeness (QED) is 0.261. The second-order valence-corrected chi connectivity index (χ2v) is 3.05. The molecular formula is C11H20O3. The minimum atomic E-state index is -0.324. The summed E-state index contributed by atoms with van der Waals surface area (Å²) in [7, 11) is 0. The first kappa shape index (κ1) is 13.0. The molecule has 0 spiro atoms. The van der Waals surface area contributed by atoms with Crippen LogP contribution in [0.5, 0.6) is 0 Å². The number of hydrogen-bond acceptors (Lipinski definition) is 3. The van der Waals surface area contributed by atoms with Gasteiger partial charge in [0.25, 0.3) is 0 Å². The highest BCUT2D eigenvalue weighted by Crippen LogP contribution is 1.91. The molecule has 0 aliphatic rings. The van der Waals surface area contributed by atoms with E-state index in [2.05, 4.69) is 13.8 Å². The third-order valence-corrected chi connectivity index (χ3v) is 1.66. The number of esters is 1. The Hall–Kier alpha value is -0.990. The molecule has 3 nitrogen and oxygen atoms in total. The van der Waals surface area contributed by atoms with Crippen molar-refractivity contribution in [3.63, 3.8) is 0 Å². The van der Waals surface area contributed by atoms with Crippen molar-refractivity contribution in [2.24, 2.45) is 0 Å². The van der Waals surface area contributed by atoms with Gasteiger partial charge in [-0.1, -0.05) is 26.7 Å². The Morgan fingerprint density at radius 1 is 1.14 bits per heavy atom. The smallest absolute Gasteiger partial charge is 0.333 e. The van der Waals surface area contributed by atoms with Crippen molar-refractivity contribution in [1.29, 1.82) is 0 Å². The Bertz CT molecular complexity index is 164. The highest BCUT2D eigenvalue weighted by molar-refractivity contribution is 5.81.